The molecule has 1 heterocycles. The molecule has 0 spiro atoms. The molecule has 0 radical (unpaired) electrons. The number of hydrogen-bond acceptors (Lipinski definition) is 6. The maximum absolute atomic E-state index is 12.4. The molecule has 0 bridgehead atoms. The molecule has 2 N–H and O–H groups in total. The lowest BCUT2D eigenvalue weighted by atomic mass is 10.1. The molecule has 0 saturated heterocycles. The zero-order chi connectivity index (χ0) is 24.8. The van der Waals surface area contributed by atoms with E-state index < -0.39 is 11.9 Å². The number of halogens is 1. The van der Waals surface area contributed by atoms with E-state index in [2.05, 4.69) is 33.1 Å². The number of hydrogen-bond donors (Lipinski definition) is 2. The lowest BCUT2D eigenvalue weighted by Crippen LogP contribution is -2.16. The van der Waals surface area contributed by atoms with Gasteiger partial charge in [-0.2, -0.15) is 5.10 Å². The van der Waals surface area contributed by atoms with E-state index in [1.807, 2.05) is 31.2 Å². The highest BCUT2D eigenvalue weighted by molar-refractivity contribution is 14.1. The van der Waals surface area contributed by atoms with Gasteiger partial charge in [-0.3, -0.25) is 4.79 Å². The number of aromatic carboxylic acids is 1. The number of rotatable bonds is 9. The number of nitrogens with one attached hydrogen (secondary N) is 1. The normalized spacial score (nSPS) is 11.0. The Labute approximate surface area is 214 Å². The molecule has 178 valence electrons. The molecule has 3 aromatic carbocycles. The van der Waals surface area contributed by atoms with Crippen molar-refractivity contribution in [1.82, 2.24) is 5.43 Å². The third-order valence-corrected chi connectivity index (χ3v) is 5.75. The van der Waals surface area contributed by atoms with Crippen LogP contribution in [0.3, 0.4) is 0 Å². The molecule has 1 aromatic heterocycles. The molecular formula is C26H21IN2O6. The number of carbonyl (C=O) groups is 2. The van der Waals surface area contributed by atoms with Crippen LogP contribution in [0.2, 0.25) is 0 Å². The number of furan rings is 1. The molecular weight excluding hydrogens is 563 g/mol. The van der Waals surface area contributed by atoms with Crippen molar-refractivity contribution in [2.75, 3.05) is 6.61 Å². The summed E-state index contributed by atoms with van der Waals surface area (Å²) in [7, 11) is 0. The fraction of sp³-hybridized carbons (Fsp3) is 0.115. The van der Waals surface area contributed by atoms with E-state index in [1.54, 1.807) is 30.3 Å². The van der Waals surface area contributed by atoms with E-state index in [9.17, 15) is 9.59 Å². The highest BCUT2D eigenvalue weighted by Gasteiger charge is 2.14. The largest absolute Gasteiger partial charge is 0.490 e. The van der Waals surface area contributed by atoms with Crippen molar-refractivity contribution in [2.24, 2.45) is 5.10 Å². The second kappa shape index (κ2) is 11.0. The number of benzene rings is 3. The molecule has 0 aliphatic carbocycles. The van der Waals surface area contributed by atoms with Crippen LogP contribution in [0.1, 0.15) is 39.0 Å². The van der Waals surface area contributed by atoms with E-state index in [0.29, 0.717) is 29.3 Å². The van der Waals surface area contributed by atoms with Gasteiger partial charge >= 0.3 is 11.9 Å². The van der Waals surface area contributed by atoms with E-state index in [4.69, 9.17) is 19.0 Å². The molecule has 0 fully saturated rings. The number of fused-ring (bicyclic) bond motifs is 1. The van der Waals surface area contributed by atoms with Gasteiger partial charge in [0, 0.05) is 5.39 Å². The second-order valence-electron chi connectivity index (χ2n) is 7.40. The number of hydrazone groups is 1. The van der Waals surface area contributed by atoms with E-state index in [1.165, 1.54) is 18.3 Å². The first-order valence-electron chi connectivity index (χ1n) is 10.7. The number of carboxylic acid groups (broad SMARTS) is 1. The molecule has 1 amide bonds. The summed E-state index contributed by atoms with van der Waals surface area (Å²) in [6.45, 7) is 2.55. The molecule has 4 aromatic rings. The number of para-hydroxylation sites is 1. The Hall–Kier alpha value is -3.86. The van der Waals surface area contributed by atoms with Crippen molar-refractivity contribution >= 4 is 51.7 Å². The highest BCUT2D eigenvalue weighted by Crippen LogP contribution is 2.34. The van der Waals surface area contributed by atoms with E-state index in [0.717, 1.165) is 14.5 Å². The van der Waals surface area contributed by atoms with Gasteiger partial charge in [-0.05, 0) is 77.0 Å². The van der Waals surface area contributed by atoms with E-state index >= 15 is 0 Å². The Kier molecular flexibility index (Phi) is 7.66. The van der Waals surface area contributed by atoms with Gasteiger partial charge in [0.15, 0.2) is 17.3 Å². The topological polar surface area (TPSA) is 110 Å². The van der Waals surface area contributed by atoms with Crippen LogP contribution in [-0.4, -0.2) is 29.8 Å². The monoisotopic (exact) mass is 584 g/mol. The Morgan fingerprint density at radius 1 is 1.09 bits per heavy atom. The SMILES string of the molecule is CCOc1cc(/C=N/NC(=O)c2cc3ccccc3o2)cc(I)c1OCc1ccc(C(=O)O)cc1. The average Bonchev–Trinajstić information content (AvgIpc) is 3.28. The van der Waals surface area contributed by atoms with Crippen molar-refractivity contribution < 1.29 is 28.6 Å². The van der Waals surface area contributed by atoms with E-state index in [-0.39, 0.29) is 17.9 Å². The van der Waals surface area contributed by atoms with Gasteiger partial charge in [-0.25, -0.2) is 10.2 Å². The minimum atomic E-state index is -0.975. The predicted octanol–water partition coefficient (Wildman–Crippen LogP) is 5.48. The third-order valence-electron chi connectivity index (χ3n) is 4.94. The van der Waals surface area contributed by atoms with Crippen molar-refractivity contribution in [1.29, 1.82) is 0 Å². The zero-order valence-corrected chi connectivity index (χ0v) is 20.8. The molecule has 0 aliphatic rings. The predicted molar refractivity (Wildman–Crippen MR) is 139 cm³/mol. The standard InChI is InChI=1S/C26H21IN2O6/c1-2-33-22-12-17(14-28-29-25(30)23-13-19-5-3-4-6-21(19)35-23)11-20(27)24(22)34-15-16-7-9-18(10-8-16)26(31)32/h3-14H,2,15H2,1H3,(H,29,30)(H,31,32)/b28-14+. The molecule has 8 nitrogen and oxygen atoms in total. The molecule has 4 rings (SSSR count). The Morgan fingerprint density at radius 3 is 2.57 bits per heavy atom. The smallest absolute Gasteiger partial charge is 0.335 e. The molecule has 0 atom stereocenters. The van der Waals surface area contributed by atoms with Gasteiger partial charge in [-0.1, -0.05) is 30.3 Å². The number of carbonyl (C=O) groups excluding carboxylic acids is 1. The third kappa shape index (κ3) is 5.99. The van der Waals surface area contributed by atoms with Gasteiger partial charge in [0.1, 0.15) is 12.2 Å². The number of nitrogens with zero attached hydrogens (tertiary/aromatic N) is 1. The summed E-state index contributed by atoms with van der Waals surface area (Å²) in [5.41, 5.74) is 4.86. The number of amides is 1. The maximum Gasteiger partial charge on any atom is 0.335 e. The number of ether oxygens (including phenoxy) is 2. The summed E-state index contributed by atoms with van der Waals surface area (Å²) in [6, 6.07) is 19.1. The minimum Gasteiger partial charge on any atom is -0.490 e. The fourth-order valence-electron chi connectivity index (χ4n) is 3.28. The van der Waals surface area contributed by atoms with Gasteiger partial charge in [0.2, 0.25) is 0 Å². The summed E-state index contributed by atoms with van der Waals surface area (Å²) in [5.74, 6) is -0.152. The summed E-state index contributed by atoms with van der Waals surface area (Å²) in [6.07, 6.45) is 1.51. The van der Waals surface area contributed by atoms with Crippen LogP contribution in [0, 0.1) is 3.57 Å². The summed E-state index contributed by atoms with van der Waals surface area (Å²) in [5, 5.41) is 13.9. The lowest BCUT2D eigenvalue weighted by molar-refractivity contribution is 0.0696. The molecule has 0 saturated carbocycles. The number of carboxylic acids is 1. The van der Waals surface area contributed by atoms with Crippen molar-refractivity contribution in [2.45, 2.75) is 13.5 Å². The first-order chi connectivity index (χ1) is 16.9. The average molecular weight is 584 g/mol. The van der Waals surface area contributed by atoms with Crippen LogP contribution in [0.25, 0.3) is 11.0 Å². The van der Waals surface area contributed by atoms with Crippen molar-refractivity contribution in [3.05, 3.63) is 92.8 Å². The fourth-order valence-corrected chi connectivity index (χ4v) is 4.06. The molecule has 9 heteroatoms. The minimum absolute atomic E-state index is 0.174. The quantitative estimate of drug-likeness (QED) is 0.153. The zero-order valence-electron chi connectivity index (χ0n) is 18.7. The summed E-state index contributed by atoms with van der Waals surface area (Å²) < 4.78 is 18.1. The van der Waals surface area contributed by atoms with Crippen LogP contribution in [0.5, 0.6) is 11.5 Å². The second-order valence-corrected chi connectivity index (χ2v) is 8.56. The van der Waals surface area contributed by atoms with Crippen molar-refractivity contribution in [3.63, 3.8) is 0 Å². The Balaban J connectivity index is 1.45. The van der Waals surface area contributed by atoms with Gasteiger partial charge in [-0.15, -0.1) is 0 Å². The Morgan fingerprint density at radius 2 is 1.86 bits per heavy atom. The van der Waals surface area contributed by atoms with Gasteiger partial charge in [0.25, 0.3) is 0 Å². The van der Waals surface area contributed by atoms with Gasteiger partial charge < -0.3 is 19.0 Å². The maximum atomic E-state index is 12.4. The highest BCUT2D eigenvalue weighted by atomic mass is 127. The van der Waals surface area contributed by atoms with Crippen LogP contribution in [-0.2, 0) is 6.61 Å². The van der Waals surface area contributed by atoms with Crippen LogP contribution >= 0.6 is 22.6 Å². The van der Waals surface area contributed by atoms with Crippen LogP contribution in [0.15, 0.2) is 76.2 Å². The van der Waals surface area contributed by atoms with Crippen LogP contribution < -0.4 is 14.9 Å². The first-order valence-corrected chi connectivity index (χ1v) is 11.8. The molecule has 0 aliphatic heterocycles. The van der Waals surface area contributed by atoms with Crippen molar-refractivity contribution in [3.8, 4) is 11.5 Å². The Bertz CT molecular complexity index is 1360. The van der Waals surface area contributed by atoms with Gasteiger partial charge in [0.05, 0.1) is 22.0 Å². The molecule has 35 heavy (non-hydrogen) atoms. The lowest BCUT2D eigenvalue weighted by Gasteiger charge is -2.15. The summed E-state index contributed by atoms with van der Waals surface area (Å²) in [4.78, 5) is 23.4. The van der Waals surface area contributed by atoms with Crippen LogP contribution in [0.4, 0.5) is 0 Å². The first kappa shape index (κ1) is 24.3. The molecule has 0 unspecified atom stereocenters. The summed E-state index contributed by atoms with van der Waals surface area (Å²) >= 11 is 2.14.